The normalized spacial score (nSPS) is 18.3. The van der Waals surface area contributed by atoms with Gasteiger partial charge in [0.15, 0.2) is 0 Å². The lowest BCUT2D eigenvalue weighted by atomic mass is 10.1. The molecule has 1 aliphatic heterocycles. The highest BCUT2D eigenvalue weighted by Crippen LogP contribution is 2.31. The maximum atomic E-state index is 11.1. The zero-order chi connectivity index (χ0) is 16.2. The quantitative estimate of drug-likeness (QED) is 0.914. The van der Waals surface area contributed by atoms with Crippen molar-refractivity contribution in [2.45, 2.75) is 38.9 Å². The minimum absolute atomic E-state index is 0.0325. The van der Waals surface area contributed by atoms with Gasteiger partial charge in [-0.05, 0) is 37.6 Å². The van der Waals surface area contributed by atoms with Crippen LogP contribution >= 0.6 is 0 Å². The molecule has 0 unspecified atom stereocenters. The molecule has 0 aliphatic carbocycles. The highest BCUT2D eigenvalue weighted by atomic mass is 16.1. The number of aromatic nitrogens is 3. The maximum absolute atomic E-state index is 11.1. The fourth-order valence-electron chi connectivity index (χ4n) is 3.10. The van der Waals surface area contributed by atoms with E-state index in [4.69, 9.17) is 4.98 Å². The number of aryl methyl sites for hydroxylation is 1. The largest absolute Gasteiger partial charge is 0.351 e. The van der Waals surface area contributed by atoms with Crippen molar-refractivity contribution in [3.05, 3.63) is 47.5 Å². The number of carbonyl (C=O) groups excluding carboxylic acids is 1. The fourth-order valence-corrected chi connectivity index (χ4v) is 3.10. The Balaban J connectivity index is 1.71. The SMILES string of the molecule is CC(=O)NCc1cccc([C@H]2CCCN2Cc2ccn(C)n2)n1. The van der Waals surface area contributed by atoms with Crippen LogP contribution in [0.1, 0.15) is 42.9 Å². The number of carbonyl (C=O) groups is 1. The minimum atomic E-state index is -0.0325. The standard InChI is InChI=1S/C17H23N5O/c1-13(23)18-11-14-5-3-6-16(19-14)17-7-4-9-22(17)12-15-8-10-21(2)20-15/h3,5-6,8,10,17H,4,7,9,11-12H2,1-2H3,(H,18,23)/t17-/m1/s1. The molecule has 0 bridgehead atoms. The number of likely N-dealkylation sites (tertiary alicyclic amines) is 1. The Morgan fingerprint density at radius 3 is 2.96 bits per heavy atom. The van der Waals surface area contributed by atoms with Crippen LogP contribution in [0.5, 0.6) is 0 Å². The van der Waals surface area contributed by atoms with E-state index in [1.54, 1.807) is 0 Å². The summed E-state index contributed by atoms with van der Waals surface area (Å²) in [7, 11) is 1.94. The smallest absolute Gasteiger partial charge is 0.217 e. The van der Waals surface area contributed by atoms with Crippen LogP contribution in [0.4, 0.5) is 0 Å². The van der Waals surface area contributed by atoms with Crippen LogP contribution in [0, 0.1) is 0 Å². The molecule has 23 heavy (non-hydrogen) atoms. The number of amides is 1. The molecule has 3 rings (SSSR count). The molecule has 0 spiro atoms. The fraction of sp³-hybridized carbons (Fsp3) is 0.471. The molecule has 1 N–H and O–H groups in total. The summed E-state index contributed by atoms with van der Waals surface area (Å²) in [5, 5.41) is 7.28. The van der Waals surface area contributed by atoms with Gasteiger partial charge >= 0.3 is 0 Å². The average molecular weight is 313 g/mol. The lowest BCUT2D eigenvalue weighted by Gasteiger charge is -2.23. The van der Waals surface area contributed by atoms with Crippen LogP contribution in [0.2, 0.25) is 0 Å². The van der Waals surface area contributed by atoms with E-state index in [1.165, 1.54) is 13.3 Å². The molecule has 122 valence electrons. The zero-order valence-electron chi connectivity index (χ0n) is 13.7. The predicted octanol–water partition coefficient (Wildman–Crippen LogP) is 1.79. The van der Waals surface area contributed by atoms with Crippen molar-refractivity contribution in [1.82, 2.24) is 25.0 Å². The van der Waals surface area contributed by atoms with Crippen molar-refractivity contribution in [2.24, 2.45) is 7.05 Å². The summed E-state index contributed by atoms with van der Waals surface area (Å²) in [4.78, 5) is 18.2. The molecule has 6 nitrogen and oxygen atoms in total. The summed E-state index contributed by atoms with van der Waals surface area (Å²) < 4.78 is 1.84. The van der Waals surface area contributed by atoms with Crippen molar-refractivity contribution in [2.75, 3.05) is 6.54 Å². The van der Waals surface area contributed by atoms with Gasteiger partial charge in [-0.1, -0.05) is 6.07 Å². The summed E-state index contributed by atoms with van der Waals surface area (Å²) in [5.41, 5.74) is 3.08. The van der Waals surface area contributed by atoms with Gasteiger partial charge in [0.1, 0.15) is 0 Å². The van der Waals surface area contributed by atoms with E-state index in [2.05, 4.69) is 27.4 Å². The van der Waals surface area contributed by atoms with Gasteiger partial charge in [-0.3, -0.25) is 19.4 Å². The van der Waals surface area contributed by atoms with E-state index < -0.39 is 0 Å². The Hall–Kier alpha value is -2.21. The van der Waals surface area contributed by atoms with Gasteiger partial charge in [0.2, 0.25) is 5.91 Å². The molecule has 6 heteroatoms. The number of hydrogen-bond acceptors (Lipinski definition) is 4. The topological polar surface area (TPSA) is 63.1 Å². The Kier molecular flexibility index (Phi) is 4.71. The molecule has 3 heterocycles. The van der Waals surface area contributed by atoms with Crippen LogP contribution in [-0.4, -0.2) is 32.1 Å². The highest BCUT2D eigenvalue weighted by Gasteiger charge is 2.27. The summed E-state index contributed by atoms with van der Waals surface area (Å²) in [6.07, 6.45) is 4.27. The third-order valence-corrected chi connectivity index (χ3v) is 4.19. The first-order valence-corrected chi connectivity index (χ1v) is 8.04. The molecule has 0 aromatic carbocycles. The molecular formula is C17H23N5O. The summed E-state index contributed by atoms with van der Waals surface area (Å²) in [5.74, 6) is -0.0325. The molecule has 0 saturated carbocycles. The maximum Gasteiger partial charge on any atom is 0.217 e. The average Bonchev–Trinajstić information content (AvgIpc) is 3.15. The molecule has 0 radical (unpaired) electrons. The predicted molar refractivity (Wildman–Crippen MR) is 87.4 cm³/mol. The van der Waals surface area contributed by atoms with Crippen molar-refractivity contribution in [3.63, 3.8) is 0 Å². The second kappa shape index (κ2) is 6.91. The highest BCUT2D eigenvalue weighted by molar-refractivity contribution is 5.72. The van der Waals surface area contributed by atoms with Crippen molar-refractivity contribution in [3.8, 4) is 0 Å². The second-order valence-electron chi connectivity index (χ2n) is 6.07. The molecule has 1 amide bonds. The van der Waals surface area contributed by atoms with Gasteiger partial charge < -0.3 is 5.32 Å². The molecule has 1 saturated heterocycles. The van der Waals surface area contributed by atoms with Gasteiger partial charge in [-0.15, -0.1) is 0 Å². The first-order valence-electron chi connectivity index (χ1n) is 8.04. The van der Waals surface area contributed by atoms with Crippen LogP contribution < -0.4 is 5.32 Å². The number of nitrogens with one attached hydrogen (secondary N) is 1. The van der Waals surface area contributed by atoms with E-state index in [1.807, 2.05) is 30.1 Å². The van der Waals surface area contributed by atoms with Crippen LogP contribution in [-0.2, 0) is 24.9 Å². The van der Waals surface area contributed by atoms with Gasteiger partial charge in [0.25, 0.3) is 0 Å². The Bertz CT molecular complexity index is 681. The number of pyridine rings is 1. The van der Waals surface area contributed by atoms with E-state index in [9.17, 15) is 4.79 Å². The molecular weight excluding hydrogens is 290 g/mol. The van der Waals surface area contributed by atoms with Crippen molar-refractivity contribution in [1.29, 1.82) is 0 Å². The summed E-state index contributed by atoms with van der Waals surface area (Å²) in [6, 6.07) is 8.46. The molecule has 1 aliphatic rings. The van der Waals surface area contributed by atoms with Crippen LogP contribution in [0.3, 0.4) is 0 Å². The van der Waals surface area contributed by atoms with Gasteiger partial charge in [-0.25, -0.2) is 0 Å². The third kappa shape index (κ3) is 3.96. The Morgan fingerprint density at radius 2 is 2.22 bits per heavy atom. The molecule has 1 atom stereocenters. The van der Waals surface area contributed by atoms with Gasteiger partial charge in [-0.2, -0.15) is 5.10 Å². The lowest BCUT2D eigenvalue weighted by molar-refractivity contribution is -0.119. The van der Waals surface area contributed by atoms with E-state index in [-0.39, 0.29) is 5.91 Å². The van der Waals surface area contributed by atoms with Crippen LogP contribution in [0.25, 0.3) is 0 Å². The number of hydrogen-bond donors (Lipinski definition) is 1. The molecule has 1 fully saturated rings. The third-order valence-electron chi connectivity index (χ3n) is 4.19. The summed E-state index contributed by atoms with van der Waals surface area (Å²) in [6.45, 7) is 3.92. The van der Waals surface area contributed by atoms with Crippen molar-refractivity contribution >= 4 is 5.91 Å². The van der Waals surface area contributed by atoms with Gasteiger partial charge in [0.05, 0.1) is 29.7 Å². The van der Waals surface area contributed by atoms with E-state index >= 15 is 0 Å². The monoisotopic (exact) mass is 313 g/mol. The first kappa shape index (κ1) is 15.7. The second-order valence-corrected chi connectivity index (χ2v) is 6.07. The molecule has 2 aromatic rings. The zero-order valence-corrected chi connectivity index (χ0v) is 13.7. The van der Waals surface area contributed by atoms with Gasteiger partial charge in [0, 0.05) is 26.7 Å². The Labute approximate surface area is 136 Å². The molecule has 2 aromatic heterocycles. The lowest BCUT2D eigenvalue weighted by Crippen LogP contribution is -2.25. The first-order chi connectivity index (χ1) is 11.1. The van der Waals surface area contributed by atoms with Crippen molar-refractivity contribution < 1.29 is 4.79 Å². The van der Waals surface area contributed by atoms with Crippen LogP contribution in [0.15, 0.2) is 30.5 Å². The Morgan fingerprint density at radius 1 is 1.35 bits per heavy atom. The minimum Gasteiger partial charge on any atom is -0.351 e. The number of nitrogens with zero attached hydrogens (tertiary/aromatic N) is 4. The number of rotatable bonds is 5. The summed E-state index contributed by atoms with van der Waals surface area (Å²) >= 11 is 0. The van der Waals surface area contributed by atoms with E-state index in [0.717, 1.165) is 36.6 Å². The van der Waals surface area contributed by atoms with E-state index in [0.29, 0.717) is 12.6 Å².